The Labute approximate surface area is 98.3 Å². The minimum absolute atomic E-state index is 0.575. The zero-order valence-electron chi connectivity index (χ0n) is 10.7. The zero-order valence-corrected chi connectivity index (χ0v) is 10.7. The van der Waals surface area contributed by atoms with Crippen molar-refractivity contribution in [3.8, 4) is 5.75 Å². The van der Waals surface area contributed by atoms with Gasteiger partial charge in [-0.05, 0) is 44.5 Å². The monoisotopic (exact) mass is 219 g/mol. The van der Waals surface area contributed by atoms with Gasteiger partial charge >= 0.3 is 0 Å². The highest BCUT2D eigenvalue weighted by atomic mass is 16.5. The molecule has 0 fully saturated rings. The van der Waals surface area contributed by atoms with Gasteiger partial charge in [-0.25, -0.2) is 0 Å². The highest BCUT2D eigenvalue weighted by Crippen LogP contribution is 2.24. The van der Waals surface area contributed by atoms with E-state index in [1.54, 1.807) is 0 Å². The van der Waals surface area contributed by atoms with Crippen molar-refractivity contribution in [2.45, 2.75) is 20.8 Å². The van der Waals surface area contributed by atoms with Crippen LogP contribution in [0.5, 0.6) is 5.75 Å². The van der Waals surface area contributed by atoms with Gasteiger partial charge in [0, 0.05) is 6.54 Å². The van der Waals surface area contributed by atoms with Crippen LogP contribution in [0.15, 0.2) is 24.3 Å². The summed E-state index contributed by atoms with van der Waals surface area (Å²) in [6.45, 7) is 11.6. The molecule has 0 saturated heterocycles. The molecule has 0 atom stereocenters. The predicted octanol–water partition coefficient (Wildman–Crippen LogP) is 2.77. The Balaban J connectivity index is 2.70. The number of hydrogen-bond acceptors (Lipinski definition) is 2. The fourth-order valence-electron chi connectivity index (χ4n) is 1.87. The Hall–Kier alpha value is -1.28. The Kier molecular flexibility index (Phi) is 4.56. The molecule has 1 rings (SSSR count). The zero-order chi connectivity index (χ0) is 12.1. The first-order valence-corrected chi connectivity index (χ1v) is 5.56. The highest BCUT2D eigenvalue weighted by molar-refractivity contribution is 5.43. The van der Waals surface area contributed by atoms with Crippen LogP contribution in [0.25, 0.3) is 0 Å². The molecule has 1 aromatic carbocycles. The average Bonchev–Trinajstić information content (AvgIpc) is 2.16. The first-order chi connectivity index (χ1) is 7.54. The van der Waals surface area contributed by atoms with E-state index >= 15 is 0 Å². The topological polar surface area (TPSA) is 21.3 Å². The van der Waals surface area contributed by atoms with Crippen LogP contribution >= 0.6 is 0 Å². The van der Waals surface area contributed by atoms with Crippen LogP contribution in [0.4, 0.5) is 0 Å². The Bertz CT molecular complexity index is 359. The van der Waals surface area contributed by atoms with Crippen LogP contribution < -0.4 is 10.1 Å². The van der Waals surface area contributed by atoms with E-state index in [4.69, 9.17) is 4.74 Å². The molecule has 0 aliphatic heterocycles. The normalized spacial score (nSPS) is 10.2. The van der Waals surface area contributed by atoms with E-state index in [2.05, 4.69) is 44.8 Å². The van der Waals surface area contributed by atoms with Crippen LogP contribution in [-0.2, 0) is 0 Å². The summed E-state index contributed by atoms with van der Waals surface area (Å²) in [7, 11) is 1.91. The third-order valence-electron chi connectivity index (χ3n) is 2.45. The Morgan fingerprint density at radius 3 is 2.31 bits per heavy atom. The molecule has 88 valence electrons. The third kappa shape index (κ3) is 3.38. The molecule has 0 aliphatic rings. The fourth-order valence-corrected chi connectivity index (χ4v) is 1.87. The number of hydrogen-bond donors (Lipinski definition) is 1. The second-order valence-electron chi connectivity index (χ2n) is 4.30. The van der Waals surface area contributed by atoms with E-state index in [0.717, 1.165) is 17.9 Å². The second kappa shape index (κ2) is 5.71. The average molecular weight is 219 g/mol. The van der Waals surface area contributed by atoms with Gasteiger partial charge in [-0.15, -0.1) is 0 Å². The van der Waals surface area contributed by atoms with Crippen molar-refractivity contribution in [2.75, 3.05) is 20.2 Å². The van der Waals surface area contributed by atoms with Crippen LogP contribution in [0.1, 0.15) is 16.7 Å². The van der Waals surface area contributed by atoms with E-state index in [-0.39, 0.29) is 0 Å². The molecule has 1 N–H and O–H groups in total. The van der Waals surface area contributed by atoms with Gasteiger partial charge in [0.15, 0.2) is 0 Å². The van der Waals surface area contributed by atoms with Gasteiger partial charge < -0.3 is 10.1 Å². The third-order valence-corrected chi connectivity index (χ3v) is 2.45. The summed E-state index contributed by atoms with van der Waals surface area (Å²) in [4.78, 5) is 0. The van der Waals surface area contributed by atoms with Gasteiger partial charge in [-0.2, -0.15) is 0 Å². The van der Waals surface area contributed by atoms with E-state index in [0.29, 0.717) is 6.61 Å². The molecular weight excluding hydrogens is 198 g/mol. The molecule has 0 amide bonds. The van der Waals surface area contributed by atoms with Gasteiger partial charge in [0.05, 0.1) is 0 Å². The fraction of sp³-hybridized carbons (Fsp3) is 0.429. The van der Waals surface area contributed by atoms with E-state index in [1.165, 1.54) is 16.7 Å². The van der Waals surface area contributed by atoms with Gasteiger partial charge in [0.25, 0.3) is 0 Å². The smallest absolute Gasteiger partial charge is 0.125 e. The minimum Gasteiger partial charge on any atom is -0.489 e. The van der Waals surface area contributed by atoms with Crippen molar-refractivity contribution in [3.05, 3.63) is 41.0 Å². The molecule has 0 radical (unpaired) electrons. The Morgan fingerprint density at radius 2 is 1.81 bits per heavy atom. The van der Waals surface area contributed by atoms with E-state index in [1.807, 2.05) is 7.05 Å². The molecule has 1 aromatic rings. The van der Waals surface area contributed by atoms with Gasteiger partial charge in [0.2, 0.25) is 0 Å². The van der Waals surface area contributed by atoms with Gasteiger partial charge in [-0.1, -0.05) is 24.3 Å². The maximum Gasteiger partial charge on any atom is 0.125 e. The molecule has 0 spiro atoms. The van der Waals surface area contributed by atoms with Crippen molar-refractivity contribution in [1.82, 2.24) is 5.32 Å². The van der Waals surface area contributed by atoms with Crippen LogP contribution in [0.2, 0.25) is 0 Å². The van der Waals surface area contributed by atoms with Crippen molar-refractivity contribution in [1.29, 1.82) is 0 Å². The maximum absolute atomic E-state index is 5.80. The quantitative estimate of drug-likeness (QED) is 0.769. The summed E-state index contributed by atoms with van der Waals surface area (Å²) in [5.41, 5.74) is 4.71. The first kappa shape index (κ1) is 12.8. The van der Waals surface area contributed by atoms with Crippen molar-refractivity contribution in [2.24, 2.45) is 0 Å². The van der Waals surface area contributed by atoms with Gasteiger partial charge in [0.1, 0.15) is 12.4 Å². The summed E-state index contributed by atoms with van der Waals surface area (Å²) in [5, 5.41) is 3.06. The first-order valence-electron chi connectivity index (χ1n) is 5.56. The molecule has 0 unspecified atom stereocenters. The van der Waals surface area contributed by atoms with Crippen LogP contribution in [-0.4, -0.2) is 20.2 Å². The lowest BCUT2D eigenvalue weighted by Gasteiger charge is -2.14. The van der Waals surface area contributed by atoms with E-state index < -0.39 is 0 Å². The van der Waals surface area contributed by atoms with Crippen molar-refractivity contribution >= 4 is 0 Å². The SMILES string of the molecule is C=C(CNC)COc1c(C)cc(C)cc1C. The largest absolute Gasteiger partial charge is 0.489 e. The lowest BCUT2D eigenvalue weighted by Crippen LogP contribution is -2.15. The van der Waals surface area contributed by atoms with E-state index in [9.17, 15) is 0 Å². The van der Waals surface area contributed by atoms with Gasteiger partial charge in [-0.3, -0.25) is 0 Å². The van der Waals surface area contributed by atoms with Crippen LogP contribution in [0.3, 0.4) is 0 Å². The summed E-state index contributed by atoms with van der Waals surface area (Å²) in [6, 6.07) is 4.28. The number of aryl methyl sites for hydroxylation is 3. The standard InChI is InChI=1S/C14H21NO/c1-10-6-12(3)14(13(4)7-10)16-9-11(2)8-15-5/h6-7,15H,2,8-9H2,1,3-5H3. The summed E-state index contributed by atoms with van der Waals surface area (Å²) in [5.74, 6) is 0.989. The lowest BCUT2D eigenvalue weighted by atomic mass is 10.1. The molecule has 2 heteroatoms. The predicted molar refractivity (Wildman–Crippen MR) is 69.2 cm³/mol. The number of rotatable bonds is 5. The summed E-state index contributed by atoms with van der Waals surface area (Å²) < 4.78 is 5.80. The number of nitrogens with one attached hydrogen (secondary N) is 1. The highest BCUT2D eigenvalue weighted by Gasteiger charge is 2.05. The molecule has 0 bridgehead atoms. The number of likely N-dealkylation sites (N-methyl/N-ethyl adjacent to an activating group) is 1. The molecule has 0 saturated carbocycles. The minimum atomic E-state index is 0.575. The van der Waals surface area contributed by atoms with Crippen molar-refractivity contribution in [3.63, 3.8) is 0 Å². The summed E-state index contributed by atoms with van der Waals surface area (Å²) in [6.07, 6.45) is 0. The second-order valence-corrected chi connectivity index (χ2v) is 4.30. The molecule has 16 heavy (non-hydrogen) atoms. The van der Waals surface area contributed by atoms with Crippen molar-refractivity contribution < 1.29 is 4.74 Å². The molecule has 0 heterocycles. The molecular formula is C14H21NO. The number of ether oxygens (including phenoxy) is 1. The molecule has 2 nitrogen and oxygen atoms in total. The molecule has 0 aromatic heterocycles. The molecule has 0 aliphatic carbocycles. The maximum atomic E-state index is 5.80. The van der Waals surface area contributed by atoms with Crippen LogP contribution in [0, 0.1) is 20.8 Å². The lowest BCUT2D eigenvalue weighted by molar-refractivity contribution is 0.344. The number of benzene rings is 1. The summed E-state index contributed by atoms with van der Waals surface area (Å²) >= 11 is 0. The Morgan fingerprint density at radius 1 is 1.25 bits per heavy atom.